The molecule has 0 saturated heterocycles. The van der Waals surface area contributed by atoms with Crippen LogP contribution in [0.3, 0.4) is 0 Å². The Bertz CT molecular complexity index is 1360. The van der Waals surface area contributed by atoms with Crippen LogP contribution in [0.2, 0.25) is 0 Å². The summed E-state index contributed by atoms with van der Waals surface area (Å²) < 4.78 is 35.5. The molecule has 0 fully saturated rings. The Hall–Kier alpha value is -3.33. The van der Waals surface area contributed by atoms with Crippen molar-refractivity contribution in [2.24, 2.45) is 5.73 Å². The van der Waals surface area contributed by atoms with Gasteiger partial charge in [0.2, 0.25) is 0 Å². The summed E-state index contributed by atoms with van der Waals surface area (Å²) in [6, 6.07) is 14.7. The van der Waals surface area contributed by atoms with Gasteiger partial charge in [-0.1, -0.05) is 31.2 Å². The lowest BCUT2D eigenvalue weighted by Crippen LogP contribution is -2.46. The molecule has 0 radical (unpaired) electrons. The van der Waals surface area contributed by atoms with Crippen molar-refractivity contribution >= 4 is 17.3 Å². The number of carbonyl (C=O) groups is 1. The molecule has 2 heterocycles. The second-order valence-corrected chi connectivity index (χ2v) is 10.7. The molecule has 0 bridgehead atoms. The molecule has 0 amide bonds. The molecule has 0 aliphatic rings. The Morgan fingerprint density at radius 1 is 1.03 bits per heavy atom. The number of thiophene rings is 1. The molecule has 2 aromatic carbocycles. The standard InChI is InChI=1S/C30H33F2N3O2S/c1-4-21-8-7-9-22(12-21)17-34-18-27(26(33)15-23-13-24(31)16-25(32)14-23)37-30(36)28-19(2)20(3)38-29(28)35-10-5-6-11-35/h5-14,16,26-27,34H,4,15,17-18,33H2,1-3H3. The Labute approximate surface area is 226 Å². The first-order valence-electron chi connectivity index (χ1n) is 12.7. The summed E-state index contributed by atoms with van der Waals surface area (Å²) >= 11 is 1.52. The van der Waals surface area contributed by atoms with Crippen molar-refractivity contribution in [3.63, 3.8) is 0 Å². The summed E-state index contributed by atoms with van der Waals surface area (Å²) in [7, 11) is 0. The predicted molar refractivity (Wildman–Crippen MR) is 148 cm³/mol. The number of hydrogen-bond acceptors (Lipinski definition) is 5. The fourth-order valence-electron chi connectivity index (χ4n) is 4.43. The van der Waals surface area contributed by atoms with E-state index in [-0.39, 0.29) is 13.0 Å². The smallest absolute Gasteiger partial charge is 0.341 e. The molecule has 0 aliphatic heterocycles. The highest BCUT2D eigenvalue weighted by molar-refractivity contribution is 7.15. The first kappa shape index (κ1) is 27.7. The van der Waals surface area contributed by atoms with Crippen molar-refractivity contribution < 1.29 is 18.3 Å². The SMILES string of the molecule is CCc1cccc(CNCC(OC(=O)c2c(-n3cccc3)sc(C)c2C)C(N)Cc2cc(F)cc(F)c2)c1. The van der Waals surface area contributed by atoms with Gasteiger partial charge in [0.15, 0.2) is 0 Å². The summed E-state index contributed by atoms with van der Waals surface area (Å²) in [5, 5.41) is 4.13. The normalized spacial score (nSPS) is 12.9. The summed E-state index contributed by atoms with van der Waals surface area (Å²) in [5.41, 5.74) is 10.6. The Balaban J connectivity index is 1.55. The van der Waals surface area contributed by atoms with Crippen molar-refractivity contribution in [3.05, 3.63) is 111 Å². The van der Waals surface area contributed by atoms with E-state index in [1.807, 2.05) is 55.1 Å². The van der Waals surface area contributed by atoms with Gasteiger partial charge in [0.25, 0.3) is 0 Å². The van der Waals surface area contributed by atoms with Crippen molar-refractivity contribution in [3.8, 4) is 5.00 Å². The van der Waals surface area contributed by atoms with Gasteiger partial charge in [0.1, 0.15) is 22.7 Å². The van der Waals surface area contributed by atoms with E-state index >= 15 is 0 Å². The lowest BCUT2D eigenvalue weighted by molar-refractivity contribution is 0.0238. The number of carbonyl (C=O) groups excluding carboxylic acids is 1. The fraction of sp³-hybridized carbons (Fsp3) is 0.300. The first-order chi connectivity index (χ1) is 18.2. The second-order valence-electron chi connectivity index (χ2n) is 9.45. The minimum absolute atomic E-state index is 0.145. The van der Waals surface area contributed by atoms with Crippen molar-refractivity contribution in [2.75, 3.05) is 6.54 Å². The van der Waals surface area contributed by atoms with Crippen molar-refractivity contribution in [1.82, 2.24) is 9.88 Å². The molecule has 0 aliphatic carbocycles. The van der Waals surface area contributed by atoms with Crippen LogP contribution in [0.25, 0.3) is 5.00 Å². The van der Waals surface area contributed by atoms with Crippen LogP contribution in [0.5, 0.6) is 0 Å². The molecular formula is C30H33F2N3O2S. The number of esters is 1. The number of nitrogens with one attached hydrogen (secondary N) is 1. The molecular weight excluding hydrogens is 504 g/mol. The van der Waals surface area contributed by atoms with Gasteiger partial charge in [-0.3, -0.25) is 0 Å². The molecule has 2 atom stereocenters. The molecule has 3 N–H and O–H groups in total. The molecule has 4 aromatic rings. The molecule has 8 heteroatoms. The van der Waals surface area contributed by atoms with Crippen LogP contribution in [0, 0.1) is 25.5 Å². The number of aromatic nitrogens is 1. The molecule has 4 rings (SSSR count). The van der Waals surface area contributed by atoms with Crippen molar-refractivity contribution in [2.45, 2.75) is 52.3 Å². The van der Waals surface area contributed by atoms with Gasteiger partial charge in [-0.25, -0.2) is 13.6 Å². The molecule has 2 unspecified atom stereocenters. The van der Waals surface area contributed by atoms with E-state index in [0.717, 1.165) is 33.5 Å². The number of halogens is 2. The second kappa shape index (κ2) is 12.5. The lowest BCUT2D eigenvalue weighted by Gasteiger charge is -2.25. The number of nitrogens with zero attached hydrogens (tertiary/aromatic N) is 1. The maximum Gasteiger partial charge on any atom is 0.341 e. The zero-order valence-electron chi connectivity index (χ0n) is 21.8. The van der Waals surface area contributed by atoms with E-state index in [2.05, 4.69) is 24.4 Å². The first-order valence-corrected chi connectivity index (χ1v) is 13.5. The predicted octanol–water partition coefficient (Wildman–Crippen LogP) is 5.88. The van der Waals surface area contributed by atoms with Crippen LogP contribution in [-0.2, 0) is 24.1 Å². The van der Waals surface area contributed by atoms with E-state index in [9.17, 15) is 13.6 Å². The van der Waals surface area contributed by atoms with Crippen LogP contribution < -0.4 is 11.1 Å². The number of hydrogen-bond donors (Lipinski definition) is 2. The van der Waals surface area contributed by atoms with Gasteiger partial charge in [0, 0.05) is 42.5 Å². The lowest BCUT2D eigenvalue weighted by atomic mass is 10.0. The Morgan fingerprint density at radius 2 is 1.71 bits per heavy atom. The van der Waals surface area contributed by atoms with Crippen LogP contribution in [0.1, 0.15) is 44.4 Å². The number of benzene rings is 2. The minimum atomic E-state index is -0.736. The summed E-state index contributed by atoms with van der Waals surface area (Å²) in [4.78, 5) is 14.6. The fourth-order valence-corrected chi connectivity index (χ4v) is 5.54. The van der Waals surface area contributed by atoms with Gasteiger partial charge in [0.05, 0.1) is 5.56 Å². The van der Waals surface area contributed by atoms with E-state index < -0.39 is 29.7 Å². The topological polar surface area (TPSA) is 69.3 Å². The zero-order valence-corrected chi connectivity index (χ0v) is 22.7. The third-order valence-electron chi connectivity index (χ3n) is 6.61. The van der Waals surface area contributed by atoms with Gasteiger partial charge in [-0.2, -0.15) is 0 Å². The number of nitrogens with two attached hydrogens (primary N) is 1. The average molecular weight is 538 g/mol. The third kappa shape index (κ3) is 6.75. The highest BCUT2D eigenvalue weighted by atomic mass is 32.1. The van der Waals surface area contributed by atoms with Gasteiger partial charge in [-0.15, -0.1) is 11.3 Å². The highest BCUT2D eigenvalue weighted by Gasteiger charge is 2.28. The van der Waals surface area contributed by atoms with Crippen LogP contribution in [0.4, 0.5) is 8.78 Å². The van der Waals surface area contributed by atoms with Crippen LogP contribution >= 0.6 is 11.3 Å². The van der Waals surface area contributed by atoms with E-state index in [1.54, 1.807) is 0 Å². The number of rotatable bonds is 11. The Morgan fingerprint density at radius 3 is 2.39 bits per heavy atom. The average Bonchev–Trinajstić information content (AvgIpc) is 3.51. The van der Waals surface area contributed by atoms with E-state index in [0.29, 0.717) is 17.7 Å². The maximum atomic E-state index is 13.8. The minimum Gasteiger partial charge on any atom is -0.456 e. The number of aryl methyl sites for hydroxylation is 2. The molecule has 0 saturated carbocycles. The monoisotopic (exact) mass is 537 g/mol. The molecule has 0 spiro atoms. The highest BCUT2D eigenvalue weighted by Crippen LogP contribution is 2.32. The van der Waals surface area contributed by atoms with E-state index in [4.69, 9.17) is 10.5 Å². The Kier molecular flexibility index (Phi) is 9.09. The quantitative estimate of drug-likeness (QED) is 0.235. The van der Waals surface area contributed by atoms with Crippen LogP contribution in [0.15, 0.2) is 67.0 Å². The number of ether oxygens (including phenoxy) is 1. The zero-order chi connectivity index (χ0) is 27.2. The molecule has 5 nitrogen and oxygen atoms in total. The summed E-state index contributed by atoms with van der Waals surface area (Å²) in [6.07, 6.45) is 4.11. The van der Waals surface area contributed by atoms with Crippen LogP contribution in [-0.4, -0.2) is 29.2 Å². The molecule has 38 heavy (non-hydrogen) atoms. The van der Waals surface area contributed by atoms with Gasteiger partial charge < -0.3 is 20.4 Å². The van der Waals surface area contributed by atoms with Gasteiger partial charge in [-0.05, 0) is 73.2 Å². The largest absolute Gasteiger partial charge is 0.456 e. The summed E-state index contributed by atoms with van der Waals surface area (Å²) in [5.74, 6) is -1.82. The summed E-state index contributed by atoms with van der Waals surface area (Å²) in [6.45, 7) is 6.82. The van der Waals surface area contributed by atoms with Gasteiger partial charge >= 0.3 is 5.97 Å². The molecule has 2 aromatic heterocycles. The van der Waals surface area contributed by atoms with Crippen molar-refractivity contribution in [1.29, 1.82) is 0 Å². The van der Waals surface area contributed by atoms with E-state index in [1.165, 1.54) is 29.0 Å². The molecule has 200 valence electrons. The maximum absolute atomic E-state index is 13.8. The third-order valence-corrected chi connectivity index (χ3v) is 7.83.